The van der Waals surface area contributed by atoms with Gasteiger partial charge >= 0.3 is 5.97 Å². The number of carbonyl (C=O) groups excluding carboxylic acids is 2. The van der Waals surface area contributed by atoms with Crippen LogP contribution in [0.15, 0.2) is 52.5 Å². The van der Waals surface area contributed by atoms with Gasteiger partial charge in [0.2, 0.25) is 0 Å². The highest BCUT2D eigenvalue weighted by Crippen LogP contribution is 2.34. The number of amides is 1. The van der Waals surface area contributed by atoms with E-state index in [4.69, 9.17) is 14.2 Å². The molecule has 0 unspecified atom stereocenters. The molecular formula is C22H21BrN2O5. The highest BCUT2D eigenvalue weighted by Gasteiger charge is 2.14. The van der Waals surface area contributed by atoms with Gasteiger partial charge in [-0.25, -0.2) is 4.79 Å². The molecule has 2 aromatic rings. The molecule has 0 aromatic heterocycles. The molecule has 30 heavy (non-hydrogen) atoms. The van der Waals surface area contributed by atoms with Gasteiger partial charge in [-0.05, 0) is 36.3 Å². The maximum Gasteiger partial charge on any atom is 0.344 e. The number of ether oxygens (including phenoxy) is 3. The monoisotopic (exact) mass is 472 g/mol. The molecule has 0 radical (unpaired) electrons. The lowest BCUT2D eigenvalue weighted by Crippen LogP contribution is -2.23. The van der Waals surface area contributed by atoms with Crippen LogP contribution in [0.1, 0.15) is 18.1 Å². The summed E-state index contributed by atoms with van der Waals surface area (Å²) in [5, 5.41) is 12.1. The smallest absolute Gasteiger partial charge is 0.344 e. The summed E-state index contributed by atoms with van der Waals surface area (Å²) < 4.78 is 16.1. The van der Waals surface area contributed by atoms with Gasteiger partial charge in [0.1, 0.15) is 11.6 Å². The Labute approximate surface area is 183 Å². The van der Waals surface area contributed by atoms with Crippen molar-refractivity contribution in [3.63, 3.8) is 0 Å². The first-order valence-electron chi connectivity index (χ1n) is 9.08. The third-order valence-corrected chi connectivity index (χ3v) is 4.58. The van der Waals surface area contributed by atoms with Gasteiger partial charge < -0.3 is 19.5 Å². The number of nitrogens with zero attached hydrogens (tertiary/aromatic N) is 1. The summed E-state index contributed by atoms with van der Waals surface area (Å²) in [6.45, 7) is 2.01. The molecule has 1 N–H and O–H groups in total. The standard InChI is InChI=1S/C22H21BrN2O5/c1-3-29-21(26)14-30-20-11-18(23)16(10-19(20)28-2)9-17(12-24)22(27)25-13-15-7-5-4-6-8-15/h4-11H,3,13-14H2,1-2H3,(H,25,27)/b17-9-. The van der Waals surface area contributed by atoms with E-state index >= 15 is 0 Å². The quantitative estimate of drug-likeness (QED) is 0.340. The Kier molecular flexibility index (Phi) is 8.91. The highest BCUT2D eigenvalue weighted by atomic mass is 79.9. The number of rotatable bonds is 9. The predicted molar refractivity (Wildman–Crippen MR) is 115 cm³/mol. The number of halogens is 1. The van der Waals surface area contributed by atoms with E-state index in [-0.39, 0.29) is 18.8 Å². The number of benzene rings is 2. The maximum atomic E-state index is 12.4. The number of methoxy groups -OCH3 is 1. The Morgan fingerprint density at radius 2 is 1.93 bits per heavy atom. The van der Waals surface area contributed by atoms with E-state index < -0.39 is 11.9 Å². The van der Waals surface area contributed by atoms with Crippen LogP contribution in [0, 0.1) is 11.3 Å². The summed E-state index contributed by atoms with van der Waals surface area (Å²) in [5.41, 5.74) is 1.41. The maximum absolute atomic E-state index is 12.4. The molecule has 0 aliphatic rings. The Bertz CT molecular complexity index is 967. The van der Waals surface area contributed by atoms with Gasteiger partial charge in [-0.1, -0.05) is 46.3 Å². The van der Waals surface area contributed by atoms with Crippen LogP contribution in [-0.4, -0.2) is 32.2 Å². The molecule has 0 fully saturated rings. The molecule has 0 aliphatic heterocycles. The average molecular weight is 473 g/mol. The summed E-state index contributed by atoms with van der Waals surface area (Å²) in [7, 11) is 1.45. The minimum atomic E-state index is -0.499. The molecule has 0 heterocycles. The van der Waals surface area contributed by atoms with Crippen LogP contribution in [0.4, 0.5) is 0 Å². The lowest BCUT2D eigenvalue weighted by molar-refractivity contribution is -0.145. The van der Waals surface area contributed by atoms with Crippen LogP contribution < -0.4 is 14.8 Å². The first-order valence-corrected chi connectivity index (χ1v) is 9.87. The molecule has 0 saturated heterocycles. The SMILES string of the molecule is CCOC(=O)COc1cc(Br)c(/C=C(/C#N)C(=O)NCc2ccccc2)cc1OC. The van der Waals surface area contributed by atoms with Crippen LogP contribution in [0.25, 0.3) is 6.08 Å². The summed E-state index contributed by atoms with van der Waals surface area (Å²) in [6, 6.07) is 14.5. The lowest BCUT2D eigenvalue weighted by Gasteiger charge is -2.12. The summed E-state index contributed by atoms with van der Waals surface area (Å²) in [4.78, 5) is 23.9. The second-order valence-corrected chi connectivity index (χ2v) is 6.81. The fourth-order valence-corrected chi connectivity index (χ4v) is 2.89. The van der Waals surface area contributed by atoms with E-state index in [9.17, 15) is 14.9 Å². The van der Waals surface area contributed by atoms with Gasteiger partial charge in [-0.2, -0.15) is 5.26 Å². The van der Waals surface area contributed by atoms with Crippen LogP contribution in [0.3, 0.4) is 0 Å². The number of esters is 1. The Hall–Kier alpha value is -3.31. The van der Waals surface area contributed by atoms with Gasteiger partial charge in [0.25, 0.3) is 5.91 Å². The van der Waals surface area contributed by atoms with Crippen molar-refractivity contribution in [3.8, 4) is 17.6 Å². The zero-order valence-electron chi connectivity index (χ0n) is 16.6. The summed E-state index contributed by atoms with van der Waals surface area (Å²) in [5.74, 6) is -0.325. The number of carbonyl (C=O) groups is 2. The third kappa shape index (κ3) is 6.64. The minimum Gasteiger partial charge on any atom is -0.493 e. The summed E-state index contributed by atoms with van der Waals surface area (Å²) >= 11 is 3.39. The van der Waals surface area contributed by atoms with Crippen molar-refractivity contribution in [1.29, 1.82) is 5.26 Å². The Morgan fingerprint density at radius 3 is 2.57 bits per heavy atom. The molecule has 0 bridgehead atoms. The van der Waals surface area contributed by atoms with Crippen LogP contribution in [0.2, 0.25) is 0 Å². The molecule has 0 aliphatic carbocycles. The van der Waals surface area contributed by atoms with E-state index in [1.54, 1.807) is 19.1 Å². The van der Waals surface area contributed by atoms with Crippen molar-refractivity contribution in [3.05, 3.63) is 63.6 Å². The molecule has 0 atom stereocenters. The van der Waals surface area contributed by atoms with Crippen molar-refractivity contribution in [2.24, 2.45) is 0 Å². The number of hydrogen-bond acceptors (Lipinski definition) is 6. The zero-order chi connectivity index (χ0) is 21.9. The van der Waals surface area contributed by atoms with E-state index in [1.165, 1.54) is 13.2 Å². The summed E-state index contributed by atoms with van der Waals surface area (Å²) in [6.07, 6.45) is 1.45. The van der Waals surface area contributed by atoms with Crippen LogP contribution in [-0.2, 0) is 20.9 Å². The van der Waals surface area contributed by atoms with Crippen molar-refractivity contribution in [1.82, 2.24) is 5.32 Å². The van der Waals surface area contributed by atoms with E-state index in [2.05, 4.69) is 21.2 Å². The molecule has 2 aromatic carbocycles. The second kappa shape index (κ2) is 11.6. The third-order valence-electron chi connectivity index (χ3n) is 3.89. The lowest BCUT2D eigenvalue weighted by atomic mass is 10.1. The molecule has 0 spiro atoms. The van der Waals surface area contributed by atoms with Crippen molar-refractivity contribution < 1.29 is 23.8 Å². The van der Waals surface area contributed by atoms with Crippen LogP contribution in [0.5, 0.6) is 11.5 Å². The van der Waals surface area contributed by atoms with E-state index in [0.717, 1.165) is 5.56 Å². The van der Waals surface area contributed by atoms with Crippen molar-refractivity contribution >= 4 is 33.9 Å². The molecule has 2 rings (SSSR count). The first-order chi connectivity index (χ1) is 14.5. The van der Waals surface area contributed by atoms with E-state index in [1.807, 2.05) is 36.4 Å². The zero-order valence-corrected chi connectivity index (χ0v) is 18.2. The normalized spacial score (nSPS) is 10.7. The molecule has 1 amide bonds. The van der Waals surface area contributed by atoms with Gasteiger partial charge in [0, 0.05) is 11.0 Å². The van der Waals surface area contributed by atoms with Gasteiger partial charge in [-0.3, -0.25) is 4.79 Å². The number of nitriles is 1. The Morgan fingerprint density at radius 1 is 1.20 bits per heavy atom. The molecule has 156 valence electrons. The van der Waals surface area contributed by atoms with Crippen LogP contribution >= 0.6 is 15.9 Å². The van der Waals surface area contributed by atoms with Crippen molar-refractivity contribution in [2.75, 3.05) is 20.3 Å². The second-order valence-electron chi connectivity index (χ2n) is 5.96. The predicted octanol–water partition coefficient (Wildman–Crippen LogP) is 3.62. The van der Waals surface area contributed by atoms with Crippen molar-refractivity contribution in [2.45, 2.75) is 13.5 Å². The molecule has 8 heteroatoms. The first kappa shape index (κ1) is 23.0. The van der Waals surface area contributed by atoms with Gasteiger partial charge in [0.05, 0.1) is 13.7 Å². The molecule has 0 saturated carbocycles. The number of hydrogen-bond donors (Lipinski definition) is 1. The molecule has 7 nitrogen and oxygen atoms in total. The Balaban J connectivity index is 2.17. The average Bonchev–Trinajstić information content (AvgIpc) is 2.76. The topological polar surface area (TPSA) is 97.7 Å². The van der Waals surface area contributed by atoms with E-state index in [0.29, 0.717) is 28.1 Å². The fraction of sp³-hybridized carbons (Fsp3) is 0.227. The van der Waals surface area contributed by atoms with Gasteiger partial charge in [0.15, 0.2) is 18.1 Å². The van der Waals surface area contributed by atoms with Gasteiger partial charge in [-0.15, -0.1) is 0 Å². The highest BCUT2D eigenvalue weighted by molar-refractivity contribution is 9.10. The fourth-order valence-electron chi connectivity index (χ4n) is 2.45. The largest absolute Gasteiger partial charge is 0.493 e. The minimum absolute atomic E-state index is 0.0612. The molecular weight excluding hydrogens is 452 g/mol. The number of nitrogens with one attached hydrogen (secondary N) is 1.